The van der Waals surface area contributed by atoms with Gasteiger partial charge in [0.15, 0.2) is 0 Å². The molecular weight excluding hydrogens is 252 g/mol. The van der Waals surface area contributed by atoms with Crippen molar-refractivity contribution in [3.8, 4) is 0 Å². The molecule has 0 aliphatic rings. The topological polar surface area (TPSA) is 0 Å². The van der Waals surface area contributed by atoms with Gasteiger partial charge in [-0.15, -0.1) is 6.58 Å². The molecule has 0 heterocycles. The van der Waals surface area contributed by atoms with Crippen LogP contribution in [0.2, 0.25) is 0 Å². The van der Waals surface area contributed by atoms with Crippen molar-refractivity contribution >= 4 is 0 Å². The molecule has 0 nitrogen and oxygen atoms in total. The van der Waals surface area contributed by atoms with E-state index in [0.717, 1.165) is 19.3 Å². The predicted molar refractivity (Wildman–Crippen MR) is 98.4 cm³/mol. The van der Waals surface area contributed by atoms with Gasteiger partial charge < -0.3 is 0 Å². The summed E-state index contributed by atoms with van der Waals surface area (Å²) in [6.07, 6.45) is 11.8. The normalized spacial score (nSPS) is 17.0. The summed E-state index contributed by atoms with van der Waals surface area (Å²) in [5.74, 6) is 1.45. The van der Waals surface area contributed by atoms with E-state index in [9.17, 15) is 0 Å². The Morgan fingerprint density at radius 1 is 1.10 bits per heavy atom. The van der Waals surface area contributed by atoms with Crippen molar-refractivity contribution in [1.29, 1.82) is 0 Å². The molecule has 0 N–H and O–H groups in total. The summed E-state index contributed by atoms with van der Waals surface area (Å²) in [6, 6.07) is 0. The second-order valence-electron chi connectivity index (χ2n) is 5.82. The Morgan fingerprint density at radius 3 is 2.10 bits per heavy atom. The molecule has 0 saturated heterocycles. The van der Waals surface area contributed by atoms with E-state index in [1.165, 1.54) is 16.7 Å². The van der Waals surface area contributed by atoms with Crippen molar-refractivity contribution in [3.63, 3.8) is 0 Å². The third kappa shape index (κ3) is 5.91. The van der Waals surface area contributed by atoms with Crippen LogP contribution in [0, 0.1) is 17.8 Å². The molecule has 0 amide bonds. The minimum Gasteiger partial charge on any atom is -0.103 e. The highest BCUT2D eigenvalue weighted by Crippen LogP contribution is 2.33. The molecular formula is C21H34. The van der Waals surface area contributed by atoms with E-state index in [-0.39, 0.29) is 0 Å². The minimum absolute atomic E-state index is 0.456. The van der Waals surface area contributed by atoms with Gasteiger partial charge >= 0.3 is 0 Å². The average molecular weight is 287 g/mol. The fourth-order valence-electron chi connectivity index (χ4n) is 2.86. The molecule has 0 aromatic heterocycles. The smallest absolute Gasteiger partial charge is 0.0110 e. The summed E-state index contributed by atoms with van der Waals surface area (Å²) in [5.41, 5.74) is 4.05. The van der Waals surface area contributed by atoms with Crippen molar-refractivity contribution < 1.29 is 0 Å². The first kappa shape index (κ1) is 19.7. The maximum Gasteiger partial charge on any atom is -0.0110 e. The molecule has 0 fully saturated rings. The second-order valence-corrected chi connectivity index (χ2v) is 5.82. The Kier molecular flexibility index (Phi) is 9.78. The summed E-state index contributed by atoms with van der Waals surface area (Å²) < 4.78 is 0. The zero-order valence-electron chi connectivity index (χ0n) is 14.8. The van der Waals surface area contributed by atoms with Gasteiger partial charge in [0.25, 0.3) is 0 Å². The van der Waals surface area contributed by atoms with Crippen LogP contribution in [-0.4, -0.2) is 0 Å². The Morgan fingerprint density at radius 2 is 1.71 bits per heavy atom. The Labute approximate surface area is 133 Å². The lowest BCUT2D eigenvalue weighted by Gasteiger charge is -2.28. The molecule has 118 valence electrons. The Bertz CT molecular complexity index is 406. The first-order valence-corrected chi connectivity index (χ1v) is 8.27. The van der Waals surface area contributed by atoms with E-state index in [2.05, 4.69) is 72.6 Å². The molecule has 2 unspecified atom stereocenters. The fourth-order valence-corrected chi connectivity index (χ4v) is 2.86. The number of hydrogen-bond donors (Lipinski definition) is 0. The Balaban J connectivity index is 5.42. The van der Waals surface area contributed by atoms with Crippen LogP contribution >= 0.6 is 0 Å². The van der Waals surface area contributed by atoms with Gasteiger partial charge in [-0.1, -0.05) is 76.3 Å². The monoisotopic (exact) mass is 286 g/mol. The minimum atomic E-state index is 0.456. The maximum atomic E-state index is 4.21. The zero-order chi connectivity index (χ0) is 16.4. The van der Waals surface area contributed by atoms with Crippen molar-refractivity contribution in [2.24, 2.45) is 17.8 Å². The highest BCUT2D eigenvalue weighted by molar-refractivity contribution is 5.29. The molecule has 3 atom stereocenters. The molecule has 0 aromatic carbocycles. The number of hydrogen-bond acceptors (Lipinski definition) is 0. The Hall–Kier alpha value is -1.30. The van der Waals surface area contributed by atoms with Crippen LogP contribution in [0.4, 0.5) is 0 Å². The molecule has 0 aliphatic carbocycles. The van der Waals surface area contributed by atoms with Gasteiger partial charge in [0.1, 0.15) is 0 Å². The summed E-state index contributed by atoms with van der Waals surface area (Å²) >= 11 is 0. The highest BCUT2D eigenvalue weighted by atomic mass is 14.3. The highest BCUT2D eigenvalue weighted by Gasteiger charge is 2.23. The van der Waals surface area contributed by atoms with Gasteiger partial charge in [-0.25, -0.2) is 0 Å². The van der Waals surface area contributed by atoms with Crippen molar-refractivity contribution in [2.45, 2.75) is 53.9 Å². The second kappa shape index (κ2) is 10.4. The van der Waals surface area contributed by atoms with Crippen LogP contribution in [-0.2, 0) is 0 Å². The van der Waals surface area contributed by atoms with Crippen LogP contribution in [0.15, 0.2) is 60.8 Å². The van der Waals surface area contributed by atoms with Gasteiger partial charge in [0, 0.05) is 0 Å². The van der Waals surface area contributed by atoms with E-state index >= 15 is 0 Å². The molecule has 0 aliphatic heterocycles. The van der Waals surface area contributed by atoms with Crippen LogP contribution in [0.25, 0.3) is 0 Å². The van der Waals surface area contributed by atoms with Crippen LogP contribution < -0.4 is 0 Å². The summed E-state index contributed by atoms with van der Waals surface area (Å²) in [4.78, 5) is 0. The van der Waals surface area contributed by atoms with Gasteiger partial charge in [0.2, 0.25) is 0 Å². The number of allylic oxidation sites excluding steroid dienone is 7. The van der Waals surface area contributed by atoms with Crippen LogP contribution in [0.3, 0.4) is 0 Å². The van der Waals surface area contributed by atoms with E-state index in [1.807, 2.05) is 6.08 Å². The predicted octanol–water partition coefficient (Wildman–Crippen LogP) is 6.89. The van der Waals surface area contributed by atoms with E-state index < -0.39 is 0 Å². The molecule has 0 aromatic rings. The first-order valence-electron chi connectivity index (χ1n) is 8.27. The first-order chi connectivity index (χ1) is 9.96. The lowest BCUT2D eigenvalue weighted by atomic mass is 9.76. The van der Waals surface area contributed by atoms with Crippen molar-refractivity contribution in [3.05, 3.63) is 60.8 Å². The van der Waals surface area contributed by atoms with Gasteiger partial charge in [0.05, 0.1) is 0 Å². The molecule has 0 radical (unpaired) electrons. The van der Waals surface area contributed by atoms with E-state index in [0.29, 0.717) is 17.8 Å². The standard InChI is InChI=1S/C21H34/c1-9-14-17(7)18(8)21(13-5)20(12-4)15-19(11-3)16(6)10-2/h9,13-15,18,20-21H,1,5-6,10-12H2,2-4,7-8H3/t18-,20?,21?/m1/s1. The summed E-state index contributed by atoms with van der Waals surface area (Å²) in [6.45, 7) is 23.2. The van der Waals surface area contributed by atoms with Crippen molar-refractivity contribution in [2.75, 3.05) is 0 Å². The largest absolute Gasteiger partial charge is 0.103 e. The maximum absolute atomic E-state index is 4.21. The van der Waals surface area contributed by atoms with Gasteiger partial charge in [-0.05, 0) is 49.5 Å². The molecule has 0 bridgehead atoms. The van der Waals surface area contributed by atoms with Gasteiger partial charge in [-0.3, -0.25) is 0 Å². The zero-order valence-corrected chi connectivity index (χ0v) is 14.8. The molecule has 0 heteroatoms. The third-order valence-corrected chi connectivity index (χ3v) is 4.59. The molecule has 0 rings (SSSR count). The molecule has 0 spiro atoms. The lowest BCUT2D eigenvalue weighted by molar-refractivity contribution is 0.370. The summed E-state index contributed by atoms with van der Waals surface area (Å²) in [5, 5.41) is 0. The summed E-state index contributed by atoms with van der Waals surface area (Å²) in [7, 11) is 0. The fraction of sp³-hybridized carbons (Fsp3) is 0.524. The quantitative estimate of drug-likeness (QED) is 0.303. The van der Waals surface area contributed by atoms with E-state index in [1.54, 1.807) is 0 Å². The third-order valence-electron chi connectivity index (χ3n) is 4.59. The van der Waals surface area contributed by atoms with E-state index in [4.69, 9.17) is 0 Å². The van der Waals surface area contributed by atoms with Gasteiger partial charge in [-0.2, -0.15) is 0 Å². The van der Waals surface area contributed by atoms with Crippen molar-refractivity contribution in [1.82, 2.24) is 0 Å². The van der Waals surface area contributed by atoms with Crippen LogP contribution in [0.1, 0.15) is 53.9 Å². The molecule has 21 heavy (non-hydrogen) atoms. The average Bonchev–Trinajstić information content (AvgIpc) is 2.50. The lowest BCUT2D eigenvalue weighted by Crippen LogP contribution is -2.19. The SMILES string of the molecule is C=CC=C(C)[C@@H](C)C(C=C)C(C=C(CC)C(=C)CC)CC. The van der Waals surface area contributed by atoms with Crippen LogP contribution in [0.5, 0.6) is 0 Å². The number of rotatable bonds is 10. The molecule has 0 saturated carbocycles.